The van der Waals surface area contributed by atoms with Gasteiger partial charge in [-0.2, -0.15) is 4.68 Å². The molecule has 7 nitrogen and oxygen atoms in total. The number of carbonyl (C=O) groups is 1. The molecule has 0 aliphatic carbocycles. The number of aryl methyl sites for hydroxylation is 1. The van der Waals surface area contributed by atoms with Gasteiger partial charge in [0, 0.05) is 11.1 Å². The lowest BCUT2D eigenvalue weighted by Gasteiger charge is -2.14. The Kier molecular flexibility index (Phi) is 5.67. The Balaban J connectivity index is 1.55. The van der Waals surface area contributed by atoms with Gasteiger partial charge in [0.25, 0.3) is 0 Å². The molecule has 0 aliphatic rings. The molecule has 1 N–H and O–H groups in total. The summed E-state index contributed by atoms with van der Waals surface area (Å²) in [5.74, 6) is 0.532. The number of carbonyl (C=O) groups excluding carboxylic acids is 1. The van der Waals surface area contributed by atoms with E-state index in [1.54, 1.807) is 11.8 Å². The highest BCUT2D eigenvalue weighted by Crippen LogP contribution is 2.30. The Morgan fingerprint density at radius 2 is 1.93 bits per heavy atom. The first-order chi connectivity index (χ1) is 14.6. The molecule has 0 fully saturated rings. The lowest BCUT2D eigenvalue weighted by atomic mass is 10.1. The van der Waals surface area contributed by atoms with E-state index in [1.165, 1.54) is 11.8 Å². The lowest BCUT2D eigenvalue weighted by Crippen LogP contribution is -2.23. The van der Waals surface area contributed by atoms with E-state index in [0.717, 1.165) is 27.7 Å². The maximum Gasteiger partial charge on any atom is 0.237 e. The summed E-state index contributed by atoms with van der Waals surface area (Å²) in [6.07, 6.45) is 0. The van der Waals surface area contributed by atoms with Crippen molar-refractivity contribution >= 4 is 34.1 Å². The number of amides is 1. The zero-order valence-corrected chi connectivity index (χ0v) is 17.7. The van der Waals surface area contributed by atoms with Gasteiger partial charge in [0.05, 0.1) is 12.4 Å². The number of benzene rings is 3. The summed E-state index contributed by atoms with van der Waals surface area (Å²) in [4.78, 5) is 12.9. The summed E-state index contributed by atoms with van der Waals surface area (Å²) in [7, 11) is 1.60. The van der Waals surface area contributed by atoms with Crippen LogP contribution in [0.4, 0.5) is 5.69 Å². The van der Waals surface area contributed by atoms with E-state index in [-0.39, 0.29) is 5.91 Å². The van der Waals surface area contributed by atoms with Crippen LogP contribution in [0.2, 0.25) is 0 Å². The molecule has 1 aromatic heterocycles. The van der Waals surface area contributed by atoms with Crippen LogP contribution >= 0.6 is 11.8 Å². The number of nitrogens with zero attached hydrogens (tertiary/aromatic N) is 4. The van der Waals surface area contributed by atoms with Gasteiger partial charge in [0.15, 0.2) is 0 Å². The molecule has 0 bridgehead atoms. The minimum atomic E-state index is -0.412. The number of thioether (sulfide) groups is 1. The fraction of sp³-hybridized carbons (Fsp3) is 0.182. The highest BCUT2D eigenvalue weighted by molar-refractivity contribution is 8.00. The number of fused-ring (bicyclic) bond motifs is 1. The molecule has 0 saturated heterocycles. The zero-order chi connectivity index (χ0) is 21.1. The van der Waals surface area contributed by atoms with Crippen LogP contribution in [-0.2, 0) is 4.79 Å². The van der Waals surface area contributed by atoms with Crippen LogP contribution in [0, 0.1) is 6.92 Å². The zero-order valence-electron chi connectivity index (χ0n) is 16.9. The van der Waals surface area contributed by atoms with Gasteiger partial charge in [-0.1, -0.05) is 54.2 Å². The van der Waals surface area contributed by atoms with Crippen LogP contribution in [-0.4, -0.2) is 38.5 Å². The van der Waals surface area contributed by atoms with Gasteiger partial charge >= 0.3 is 0 Å². The lowest BCUT2D eigenvalue weighted by molar-refractivity contribution is -0.115. The van der Waals surface area contributed by atoms with E-state index in [9.17, 15) is 4.79 Å². The molecule has 3 aromatic carbocycles. The van der Waals surface area contributed by atoms with Crippen molar-refractivity contribution in [1.82, 2.24) is 20.2 Å². The van der Waals surface area contributed by atoms with Crippen molar-refractivity contribution < 1.29 is 9.53 Å². The molecule has 0 radical (unpaired) electrons. The average Bonchev–Trinajstić information content (AvgIpc) is 3.21. The highest BCUT2D eigenvalue weighted by Gasteiger charge is 2.21. The molecular weight excluding hydrogens is 398 g/mol. The van der Waals surface area contributed by atoms with Gasteiger partial charge in [-0.25, -0.2) is 0 Å². The van der Waals surface area contributed by atoms with Crippen LogP contribution in [0.25, 0.3) is 16.5 Å². The van der Waals surface area contributed by atoms with E-state index in [4.69, 9.17) is 4.74 Å². The molecule has 1 amide bonds. The molecule has 0 aliphatic heterocycles. The molecule has 0 spiro atoms. The van der Waals surface area contributed by atoms with Gasteiger partial charge in [0.2, 0.25) is 11.1 Å². The minimum Gasteiger partial charge on any atom is -0.494 e. The van der Waals surface area contributed by atoms with Gasteiger partial charge < -0.3 is 10.1 Å². The molecule has 152 valence electrons. The third-order valence-corrected chi connectivity index (χ3v) is 5.74. The van der Waals surface area contributed by atoms with E-state index in [0.29, 0.717) is 10.9 Å². The number of anilines is 1. The standard InChI is InChI=1S/C22H21N5O2S/c1-14-11-12-20(29-3)19(13-14)27-22(24-25-26-27)30-15(2)21(28)23-18-10-6-8-16-7-4-5-9-17(16)18/h4-13,15H,1-3H3,(H,23,28)/t15-/m1/s1. The number of hydrogen-bond acceptors (Lipinski definition) is 6. The van der Waals surface area contributed by atoms with E-state index in [1.807, 2.05) is 74.5 Å². The van der Waals surface area contributed by atoms with Crippen LogP contribution in [0.5, 0.6) is 5.75 Å². The number of rotatable bonds is 6. The van der Waals surface area contributed by atoms with Gasteiger partial charge in [-0.05, 0) is 53.4 Å². The first kappa shape index (κ1) is 19.9. The molecule has 8 heteroatoms. The second-order valence-electron chi connectivity index (χ2n) is 6.82. The van der Waals surface area contributed by atoms with Gasteiger partial charge in [-0.15, -0.1) is 5.10 Å². The first-order valence-electron chi connectivity index (χ1n) is 9.45. The second-order valence-corrected chi connectivity index (χ2v) is 8.13. The fourth-order valence-electron chi connectivity index (χ4n) is 3.15. The van der Waals surface area contributed by atoms with Crippen molar-refractivity contribution in [2.75, 3.05) is 12.4 Å². The van der Waals surface area contributed by atoms with Crippen molar-refractivity contribution in [3.8, 4) is 11.4 Å². The quantitative estimate of drug-likeness (QED) is 0.471. The Hall–Kier alpha value is -3.39. The van der Waals surface area contributed by atoms with E-state index in [2.05, 4.69) is 20.8 Å². The highest BCUT2D eigenvalue weighted by atomic mass is 32.2. The van der Waals surface area contributed by atoms with Crippen LogP contribution < -0.4 is 10.1 Å². The largest absolute Gasteiger partial charge is 0.494 e. The Labute approximate surface area is 178 Å². The average molecular weight is 420 g/mol. The molecule has 0 saturated carbocycles. The maximum absolute atomic E-state index is 12.9. The topological polar surface area (TPSA) is 81.9 Å². The first-order valence-corrected chi connectivity index (χ1v) is 10.3. The number of hydrogen-bond donors (Lipinski definition) is 1. The Morgan fingerprint density at radius 1 is 1.13 bits per heavy atom. The summed E-state index contributed by atoms with van der Waals surface area (Å²) < 4.78 is 7.04. The van der Waals surface area contributed by atoms with Crippen LogP contribution in [0.1, 0.15) is 12.5 Å². The van der Waals surface area contributed by atoms with Crippen LogP contribution in [0.15, 0.2) is 65.8 Å². The summed E-state index contributed by atoms with van der Waals surface area (Å²) in [5.41, 5.74) is 2.57. The third-order valence-electron chi connectivity index (χ3n) is 4.70. The maximum atomic E-state index is 12.9. The number of nitrogens with one attached hydrogen (secondary N) is 1. The van der Waals surface area contributed by atoms with Crippen molar-refractivity contribution in [3.05, 3.63) is 66.2 Å². The molecule has 0 unspecified atom stereocenters. The summed E-state index contributed by atoms with van der Waals surface area (Å²) >= 11 is 1.29. The number of ether oxygens (including phenoxy) is 1. The van der Waals surface area contributed by atoms with E-state index < -0.39 is 5.25 Å². The van der Waals surface area contributed by atoms with Crippen molar-refractivity contribution in [3.63, 3.8) is 0 Å². The third kappa shape index (κ3) is 3.99. The fourth-order valence-corrected chi connectivity index (χ4v) is 3.95. The van der Waals surface area contributed by atoms with Crippen molar-refractivity contribution in [2.24, 2.45) is 0 Å². The molecule has 4 rings (SSSR count). The van der Waals surface area contributed by atoms with E-state index >= 15 is 0 Å². The molecule has 1 heterocycles. The number of tetrazole rings is 1. The van der Waals surface area contributed by atoms with Gasteiger partial charge in [0.1, 0.15) is 11.4 Å². The summed E-state index contributed by atoms with van der Waals surface area (Å²) in [6.45, 7) is 3.82. The monoisotopic (exact) mass is 419 g/mol. The summed E-state index contributed by atoms with van der Waals surface area (Å²) in [5, 5.41) is 17.2. The SMILES string of the molecule is COc1ccc(C)cc1-n1nnnc1S[C@H](C)C(=O)Nc1cccc2ccccc12. The smallest absolute Gasteiger partial charge is 0.237 e. The number of methoxy groups -OCH3 is 1. The van der Waals surface area contributed by atoms with Crippen molar-refractivity contribution in [1.29, 1.82) is 0 Å². The summed E-state index contributed by atoms with van der Waals surface area (Å²) in [6, 6.07) is 19.6. The van der Waals surface area contributed by atoms with Crippen LogP contribution in [0.3, 0.4) is 0 Å². The molecule has 1 atom stereocenters. The second kappa shape index (κ2) is 8.54. The predicted molar refractivity (Wildman–Crippen MR) is 118 cm³/mol. The Bertz CT molecular complexity index is 1200. The Morgan fingerprint density at radius 3 is 2.77 bits per heavy atom. The van der Waals surface area contributed by atoms with Crippen molar-refractivity contribution in [2.45, 2.75) is 24.3 Å². The molecule has 4 aromatic rings. The normalized spacial score (nSPS) is 12.0. The molecule has 30 heavy (non-hydrogen) atoms. The number of aromatic nitrogens is 4. The van der Waals surface area contributed by atoms with Gasteiger partial charge in [-0.3, -0.25) is 4.79 Å². The minimum absolute atomic E-state index is 0.123. The molecular formula is C22H21N5O2S. The predicted octanol–water partition coefficient (Wildman–Crippen LogP) is 4.25.